The van der Waals surface area contributed by atoms with E-state index in [1.807, 2.05) is 6.92 Å². The number of ketones is 1. The lowest BCUT2D eigenvalue weighted by molar-refractivity contribution is -0.130. The Morgan fingerprint density at radius 2 is 1.68 bits per heavy atom. The number of aromatic hydroxyl groups is 5. The average Bonchev–Trinajstić information content (AvgIpc) is 2.73. The van der Waals surface area contributed by atoms with E-state index in [9.17, 15) is 30.3 Å². The predicted octanol–water partition coefficient (Wildman–Crippen LogP) is 4.68. The number of Topliss-reactive ketones (excluding diaryl/α,β-unsaturated/α-hetero) is 1. The van der Waals surface area contributed by atoms with Crippen molar-refractivity contribution < 1.29 is 35.1 Å². The minimum Gasteiger partial charge on any atom is -0.508 e. The number of hydrogen-bond acceptors (Lipinski definition) is 7. The zero-order chi connectivity index (χ0) is 22.7. The van der Waals surface area contributed by atoms with Gasteiger partial charge in [-0.25, -0.2) is 0 Å². The number of hydrogen-bond donors (Lipinski definition) is 5. The molecule has 31 heavy (non-hydrogen) atoms. The first-order valence-electron chi connectivity index (χ1n) is 10.7. The maximum atomic E-state index is 13.4. The molecule has 168 valence electrons. The number of rotatable bonds is 8. The van der Waals surface area contributed by atoms with Crippen LogP contribution in [0.5, 0.6) is 34.5 Å². The largest absolute Gasteiger partial charge is 0.508 e. The zero-order valence-corrected chi connectivity index (χ0v) is 17.8. The second-order valence-electron chi connectivity index (χ2n) is 8.35. The van der Waals surface area contributed by atoms with E-state index in [1.54, 1.807) is 0 Å². The zero-order valence-electron chi connectivity index (χ0n) is 17.8. The van der Waals surface area contributed by atoms with Crippen molar-refractivity contribution in [1.29, 1.82) is 0 Å². The minimum absolute atomic E-state index is 0.0355. The van der Waals surface area contributed by atoms with Gasteiger partial charge in [-0.2, -0.15) is 0 Å². The number of carbonyl (C=O) groups is 1. The van der Waals surface area contributed by atoms with Crippen LogP contribution < -0.4 is 4.74 Å². The summed E-state index contributed by atoms with van der Waals surface area (Å²) in [5.41, 5.74) is 0.746. The summed E-state index contributed by atoms with van der Waals surface area (Å²) in [6.45, 7) is 4.01. The molecule has 7 heteroatoms. The molecule has 0 saturated heterocycles. The number of ether oxygens (including phenoxy) is 1. The fourth-order valence-corrected chi connectivity index (χ4v) is 4.20. The second-order valence-corrected chi connectivity index (χ2v) is 8.35. The summed E-state index contributed by atoms with van der Waals surface area (Å²) in [6.07, 6.45) is 4.29. The van der Waals surface area contributed by atoms with Crippen LogP contribution in [0.4, 0.5) is 0 Å². The van der Waals surface area contributed by atoms with Crippen LogP contribution in [0.3, 0.4) is 0 Å². The van der Waals surface area contributed by atoms with Crippen molar-refractivity contribution >= 4 is 5.78 Å². The van der Waals surface area contributed by atoms with Crippen molar-refractivity contribution in [1.82, 2.24) is 0 Å². The lowest BCUT2D eigenvalue weighted by atomic mass is 9.79. The summed E-state index contributed by atoms with van der Waals surface area (Å²) in [5.74, 6) is -2.74. The summed E-state index contributed by atoms with van der Waals surface area (Å²) in [5, 5.41) is 49.7. The first-order valence-corrected chi connectivity index (χ1v) is 10.7. The highest BCUT2D eigenvalue weighted by molar-refractivity contribution is 5.85. The van der Waals surface area contributed by atoms with E-state index in [2.05, 4.69) is 6.92 Å². The smallest absolute Gasteiger partial charge is 0.200 e. The average molecular weight is 430 g/mol. The van der Waals surface area contributed by atoms with E-state index in [4.69, 9.17) is 4.74 Å². The number of fused-ring (bicyclic) bond motifs is 1. The molecule has 2 aromatic rings. The third kappa shape index (κ3) is 4.81. The van der Waals surface area contributed by atoms with Crippen molar-refractivity contribution in [2.24, 2.45) is 11.8 Å². The van der Waals surface area contributed by atoms with Gasteiger partial charge in [-0.15, -0.1) is 0 Å². The van der Waals surface area contributed by atoms with Crippen LogP contribution in [0.2, 0.25) is 0 Å². The SMILES string of the molecule is CCCCCC[C@@H](C)C(=O)[C@@H]1Cc2c(O)cc(O)cc2O[C@@H]1c1cc(O)c(O)c(O)c1. The second kappa shape index (κ2) is 9.37. The molecular weight excluding hydrogens is 400 g/mol. The maximum absolute atomic E-state index is 13.4. The molecule has 0 bridgehead atoms. The third-order valence-electron chi connectivity index (χ3n) is 5.98. The van der Waals surface area contributed by atoms with Gasteiger partial charge in [0.05, 0.1) is 5.92 Å². The van der Waals surface area contributed by atoms with E-state index in [-0.39, 0.29) is 35.4 Å². The molecule has 0 amide bonds. The molecule has 0 fully saturated rings. The lowest BCUT2D eigenvalue weighted by Gasteiger charge is -2.35. The van der Waals surface area contributed by atoms with Crippen molar-refractivity contribution in [2.75, 3.05) is 0 Å². The van der Waals surface area contributed by atoms with E-state index in [1.165, 1.54) is 24.3 Å². The maximum Gasteiger partial charge on any atom is 0.200 e. The Kier molecular flexibility index (Phi) is 6.83. The van der Waals surface area contributed by atoms with Crippen LogP contribution in [0.25, 0.3) is 0 Å². The summed E-state index contributed by atoms with van der Waals surface area (Å²) in [7, 11) is 0. The molecule has 5 N–H and O–H groups in total. The Balaban J connectivity index is 1.95. The highest BCUT2D eigenvalue weighted by atomic mass is 16.5. The Labute approximate surface area is 181 Å². The third-order valence-corrected chi connectivity index (χ3v) is 5.98. The molecule has 2 aromatic carbocycles. The molecule has 1 aliphatic heterocycles. The van der Waals surface area contributed by atoms with Gasteiger partial charge in [0.2, 0.25) is 0 Å². The topological polar surface area (TPSA) is 127 Å². The van der Waals surface area contributed by atoms with E-state index in [0.717, 1.165) is 32.1 Å². The molecule has 0 aromatic heterocycles. The monoisotopic (exact) mass is 430 g/mol. The van der Waals surface area contributed by atoms with E-state index in [0.29, 0.717) is 11.1 Å². The van der Waals surface area contributed by atoms with Crippen LogP contribution in [-0.2, 0) is 11.2 Å². The summed E-state index contributed by atoms with van der Waals surface area (Å²) in [4.78, 5) is 13.4. The van der Waals surface area contributed by atoms with Gasteiger partial charge in [-0.3, -0.25) is 4.79 Å². The first kappa shape index (κ1) is 22.6. The lowest BCUT2D eigenvalue weighted by Crippen LogP contribution is -2.35. The van der Waals surface area contributed by atoms with Gasteiger partial charge in [0.25, 0.3) is 0 Å². The molecular formula is C24H30O7. The fourth-order valence-electron chi connectivity index (χ4n) is 4.20. The van der Waals surface area contributed by atoms with E-state index >= 15 is 0 Å². The highest BCUT2D eigenvalue weighted by Crippen LogP contribution is 2.47. The fraction of sp³-hybridized carbons (Fsp3) is 0.458. The predicted molar refractivity (Wildman–Crippen MR) is 115 cm³/mol. The number of carbonyl (C=O) groups excluding carboxylic acids is 1. The molecule has 3 atom stereocenters. The highest BCUT2D eigenvalue weighted by Gasteiger charge is 2.39. The van der Waals surface area contributed by atoms with Gasteiger partial charge >= 0.3 is 0 Å². The van der Waals surface area contributed by atoms with E-state index < -0.39 is 29.3 Å². The standard InChI is InChI=1S/C24H30O7/c1-3-4-5-6-7-13(2)22(29)17-12-16-18(26)10-15(25)11-21(16)31-24(17)14-8-19(27)23(30)20(28)9-14/h8-11,13,17,24-28,30H,3-7,12H2,1-2H3/t13-,17+,24-/m1/s1. The van der Waals surface area contributed by atoms with Gasteiger partial charge in [-0.1, -0.05) is 39.5 Å². The molecule has 1 aliphatic rings. The molecule has 7 nitrogen and oxygen atoms in total. The van der Waals surface area contributed by atoms with Crippen molar-refractivity contribution in [3.05, 3.63) is 35.4 Å². The number of phenolic OH excluding ortho intramolecular Hbond substituents is 5. The van der Waals surface area contributed by atoms with Crippen molar-refractivity contribution in [2.45, 2.75) is 58.5 Å². The quantitative estimate of drug-likeness (QED) is 0.304. The summed E-state index contributed by atoms with van der Waals surface area (Å²) in [6, 6.07) is 5.06. The first-order chi connectivity index (χ1) is 14.7. The summed E-state index contributed by atoms with van der Waals surface area (Å²) >= 11 is 0. The van der Waals surface area contributed by atoms with Gasteiger partial charge in [-0.05, 0) is 25.0 Å². The van der Waals surface area contributed by atoms with Gasteiger partial charge < -0.3 is 30.3 Å². The molecule has 1 heterocycles. The molecule has 3 rings (SSSR count). The van der Waals surface area contributed by atoms with Crippen LogP contribution in [0.15, 0.2) is 24.3 Å². The molecule has 0 radical (unpaired) electrons. The van der Waals surface area contributed by atoms with Crippen molar-refractivity contribution in [3.8, 4) is 34.5 Å². The van der Waals surface area contributed by atoms with Gasteiger partial charge in [0.15, 0.2) is 17.2 Å². The number of phenols is 5. The van der Waals surface area contributed by atoms with Gasteiger partial charge in [0.1, 0.15) is 29.1 Å². The van der Waals surface area contributed by atoms with Crippen LogP contribution >= 0.6 is 0 Å². The molecule has 0 unspecified atom stereocenters. The molecule has 0 saturated carbocycles. The minimum atomic E-state index is -0.864. The van der Waals surface area contributed by atoms with Crippen molar-refractivity contribution in [3.63, 3.8) is 0 Å². The number of benzene rings is 2. The normalized spacial score (nSPS) is 18.8. The Morgan fingerprint density at radius 1 is 1.00 bits per heavy atom. The Hall–Kier alpha value is -3.09. The van der Waals surface area contributed by atoms with Gasteiger partial charge in [0, 0.05) is 29.2 Å². The van der Waals surface area contributed by atoms with Crippen LogP contribution in [0, 0.1) is 11.8 Å². The summed E-state index contributed by atoms with van der Waals surface area (Å²) < 4.78 is 6.01. The van der Waals surface area contributed by atoms with Crippen LogP contribution in [-0.4, -0.2) is 31.3 Å². The number of unbranched alkanes of at least 4 members (excludes halogenated alkanes) is 3. The van der Waals surface area contributed by atoms with Crippen LogP contribution in [0.1, 0.15) is 63.2 Å². The Bertz CT molecular complexity index is 930. The molecule has 0 spiro atoms. The Morgan fingerprint density at radius 3 is 2.32 bits per heavy atom. The molecule has 0 aliphatic carbocycles.